The number of fused-ring (bicyclic) bond motifs is 1. The van der Waals surface area contributed by atoms with E-state index in [2.05, 4.69) is 4.98 Å². The lowest BCUT2D eigenvalue weighted by Gasteiger charge is -2.14. The monoisotopic (exact) mass is 300 g/mol. The van der Waals surface area contributed by atoms with Crippen LogP contribution in [0.1, 0.15) is 5.82 Å². The average molecular weight is 301 g/mol. The van der Waals surface area contributed by atoms with Crippen molar-refractivity contribution in [3.63, 3.8) is 0 Å². The highest BCUT2D eigenvalue weighted by molar-refractivity contribution is 6.16. The number of nitrogens with zero attached hydrogens (tertiary/aromatic N) is 2. The van der Waals surface area contributed by atoms with Gasteiger partial charge in [0.05, 0.1) is 29.6 Å². The number of benzene rings is 2. The first-order chi connectivity index (χ1) is 10.3. The Morgan fingerprint density at radius 3 is 2.62 bits per heavy atom. The summed E-state index contributed by atoms with van der Waals surface area (Å²) in [6.45, 7) is 0. The van der Waals surface area contributed by atoms with Crippen molar-refractivity contribution in [2.24, 2.45) is 0 Å². The SMILES string of the molecule is COc1ccccc1-n1c(CCl)nc2ccccc2c1=O. The summed E-state index contributed by atoms with van der Waals surface area (Å²) in [7, 11) is 1.57. The van der Waals surface area contributed by atoms with Crippen molar-refractivity contribution >= 4 is 22.5 Å². The van der Waals surface area contributed by atoms with Crippen molar-refractivity contribution in [1.29, 1.82) is 0 Å². The van der Waals surface area contributed by atoms with E-state index in [1.165, 1.54) is 4.57 Å². The molecule has 3 aromatic rings. The molecule has 0 aliphatic rings. The highest BCUT2D eigenvalue weighted by Crippen LogP contribution is 2.23. The molecule has 106 valence electrons. The lowest BCUT2D eigenvalue weighted by Crippen LogP contribution is -2.23. The summed E-state index contributed by atoms with van der Waals surface area (Å²) in [5.74, 6) is 1.23. The second-order valence-electron chi connectivity index (χ2n) is 4.49. The van der Waals surface area contributed by atoms with Gasteiger partial charge in [-0.1, -0.05) is 24.3 Å². The van der Waals surface area contributed by atoms with E-state index in [4.69, 9.17) is 16.3 Å². The standard InChI is InChI=1S/C16H13ClN2O2/c1-21-14-9-5-4-8-13(14)19-15(10-17)18-12-7-3-2-6-11(12)16(19)20/h2-9H,10H2,1H3. The van der Waals surface area contributed by atoms with Gasteiger partial charge in [0.1, 0.15) is 11.6 Å². The van der Waals surface area contributed by atoms with Crippen LogP contribution in [0.2, 0.25) is 0 Å². The molecule has 3 rings (SSSR count). The van der Waals surface area contributed by atoms with E-state index in [1.54, 1.807) is 25.3 Å². The van der Waals surface area contributed by atoms with Crippen LogP contribution in [0.25, 0.3) is 16.6 Å². The van der Waals surface area contributed by atoms with E-state index in [0.29, 0.717) is 28.2 Å². The number of methoxy groups -OCH3 is 1. The number of ether oxygens (including phenoxy) is 1. The molecular formula is C16H13ClN2O2. The van der Waals surface area contributed by atoms with Crippen LogP contribution < -0.4 is 10.3 Å². The van der Waals surface area contributed by atoms with Gasteiger partial charge in [0.15, 0.2) is 0 Å². The lowest BCUT2D eigenvalue weighted by atomic mass is 10.2. The van der Waals surface area contributed by atoms with Gasteiger partial charge in [-0.15, -0.1) is 11.6 Å². The van der Waals surface area contributed by atoms with Gasteiger partial charge in [-0.2, -0.15) is 0 Å². The zero-order valence-corrected chi connectivity index (χ0v) is 12.2. The largest absolute Gasteiger partial charge is 0.495 e. The molecule has 0 N–H and O–H groups in total. The normalized spacial score (nSPS) is 10.8. The maximum atomic E-state index is 12.8. The number of hydrogen-bond acceptors (Lipinski definition) is 3. The first-order valence-corrected chi connectivity index (χ1v) is 6.99. The number of para-hydroxylation sites is 3. The Bertz CT molecular complexity index is 858. The van der Waals surface area contributed by atoms with Crippen LogP contribution in [-0.2, 0) is 5.88 Å². The predicted molar refractivity (Wildman–Crippen MR) is 83.4 cm³/mol. The summed E-state index contributed by atoms with van der Waals surface area (Å²) < 4.78 is 6.84. The quantitative estimate of drug-likeness (QED) is 0.698. The van der Waals surface area contributed by atoms with Gasteiger partial charge in [0, 0.05) is 0 Å². The van der Waals surface area contributed by atoms with E-state index >= 15 is 0 Å². The lowest BCUT2D eigenvalue weighted by molar-refractivity contribution is 0.412. The second kappa shape index (κ2) is 5.58. The minimum absolute atomic E-state index is 0.137. The average Bonchev–Trinajstić information content (AvgIpc) is 2.54. The molecule has 0 saturated carbocycles. The third-order valence-electron chi connectivity index (χ3n) is 3.29. The fourth-order valence-corrected chi connectivity index (χ4v) is 2.51. The number of halogens is 1. The fourth-order valence-electron chi connectivity index (χ4n) is 2.33. The van der Waals surface area contributed by atoms with Crippen LogP contribution in [-0.4, -0.2) is 16.7 Å². The molecule has 1 aromatic heterocycles. The predicted octanol–water partition coefficient (Wildman–Crippen LogP) is 3.13. The molecule has 2 aromatic carbocycles. The summed E-state index contributed by atoms with van der Waals surface area (Å²) in [6.07, 6.45) is 0. The summed E-state index contributed by atoms with van der Waals surface area (Å²) in [5, 5.41) is 0.553. The van der Waals surface area contributed by atoms with Crippen molar-refractivity contribution in [3.05, 3.63) is 64.7 Å². The molecule has 0 radical (unpaired) electrons. The molecule has 0 fully saturated rings. The number of hydrogen-bond donors (Lipinski definition) is 0. The maximum Gasteiger partial charge on any atom is 0.266 e. The van der Waals surface area contributed by atoms with Gasteiger partial charge in [-0.25, -0.2) is 4.98 Å². The summed E-state index contributed by atoms with van der Waals surface area (Å²) in [5.41, 5.74) is 1.13. The van der Waals surface area contributed by atoms with Crippen molar-refractivity contribution in [2.45, 2.75) is 5.88 Å². The molecule has 0 amide bonds. The molecule has 0 aliphatic heterocycles. The Balaban J connectivity index is 2.41. The van der Waals surface area contributed by atoms with Crippen LogP contribution in [0, 0.1) is 0 Å². The molecular weight excluding hydrogens is 288 g/mol. The van der Waals surface area contributed by atoms with E-state index in [1.807, 2.05) is 30.3 Å². The topological polar surface area (TPSA) is 44.1 Å². The van der Waals surface area contributed by atoms with Gasteiger partial charge in [-0.05, 0) is 24.3 Å². The van der Waals surface area contributed by atoms with Gasteiger partial charge in [0.2, 0.25) is 0 Å². The van der Waals surface area contributed by atoms with E-state index in [-0.39, 0.29) is 11.4 Å². The molecule has 5 heteroatoms. The number of aromatic nitrogens is 2. The van der Waals surface area contributed by atoms with E-state index < -0.39 is 0 Å². The summed E-state index contributed by atoms with van der Waals surface area (Å²) in [6, 6.07) is 14.5. The van der Waals surface area contributed by atoms with Crippen LogP contribution in [0.3, 0.4) is 0 Å². The first kappa shape index (κ1) is 13.6. The van der Waals surface area contributed by atoms with Gasteiger partial charge >= 0.3 is 0 Å². The summed E-state index contributed by atoms with van der Waals surface area (Å²) in [4.78, 5) is 17.3. The third kappa shape index (κ3) is 2.28. The molecule has 0 atom stereocenters. The van der Waals surface area contributed by atoms with E-state index in [9.17, 15) is 4.79 Å². The second-order valence-corrected chi connectivity index (χ2v) is 4.76. The molecule has 0 unspecified atom stereocenters. The zero-order valence-electron chi connectivity index (χ0n) is 11.4. The molecule has 0 spiro atoms. The van der Waals surface area contributed by atoms with Crippen LogP contribution >= 0.6 is 11.6 Å². The van der Waals surface area contributed by atoms with E-state index in [0.717, 1.165) is 0 Å². The van der Waals surface area contributed by atoms with Crippen molar-refractivity contribution < 1.29 is 4.74 Å². The summed E-state index contributed by atoms with van der Waals surface area (Å²) >= 11 is 5.99. The van der Waals surface area contributed by atoms with Crippen LogP contribution in [0.5, 0.6) is 5.75 Å². The molecule has 1 heterocycles. The van der Waals surface area contributed by atoms with Crippen LogP contribution in [0.4, 0.5) is 0 Å². The molecule has 4 nitrogen and oxygen atoms in total. The smallest absolute Gasteiger partial charge is 0.266 e. The third-order valence-corrected chi connectivity index (χ3v) is 3.53. The molecule has 0 bridgehead atoms. The Hall–Kier alpha value is -2.33. The molecule has 21 heavy (non-hydrogen) atoms. The van der Waals surface area contributed by atoms with Crippen molar-refractivity contribution in [2.75, 3.05) is 7.11 Å². The maximum absolute atomic E-state index is 12.8. The number of alkyl halides is 1. The van der Waals surface area contributed by atoms with Gasteiger partial charge < -0.3 is 4.74 Å². The minimum Gasteiger partial charge on any atom is -0.495 e. The highest BCUT2D eigenvalue weighted by Gasteiger charge is 2.14. The van der Waals surface area contributed by atoms with Gasteiger partial charge in [-0.3, -0.25) is 9.36 Å². The van der Waals surface area contributed by atoms with Crippen molar-refractivity contribution in [3.8, 4) is 11.4 Å². The van der Waals surface area contributed by atoms with Crippen LogP contribution in [0.15, 0.2) is 53.3 Å². The minimum atomic E-state index is -0.152. The highest BCUT2D eigenvalue weighted by atomic mass is 35.5. The van der Waals surface area contributed by atoms with Gasteiger partial charge in [0.25, 0.3) is 5.56 Å². The Kier molecular flexibility index (Phi) is 3.62. The number of rotatable bonds is 3. The molecule has 0 aliphatic carbocycles. The van der Waals surface area contributed by atoms with Crippen molar-refractivity contribution in [1.82, 2.24) is 9.55 Å². The zero-order chi connectivity index (χ0) is 14.8. The Morgan fingerprint density at radius 1 is 1.14 bits per heavy atom. The fraction of sp³-hybridized carbons (Fsp3) is 0.125. The Labute approximate surface area is 126 Å². The Morgan fingerprint density at radius 2 is 1.86 bits per heavy atom. The molecule has 0 saturated heterocycles. The first-order valence-electron chi connectivity index (χ1n) is 6.46.